The monoisotopic (exact) mass is 169 g/mol. The lowest BCUT2D eigenvalue weighted by atomic mass is 10.5. The van der Waals surface area contributed by atoms with E-state index in [4.69, 9.17) is 0 Å². The Morgan fingerprint density at radius 2 is 2.40 bits per heavy atom. The molecule has 3 heteroatoms. The minimum absolute atomic E-state index is 1.02. The van der Waals surface area contributed by atoms with Crippen molar-refractivity contribution >= 4 is 27.8 Å². The van der Waals surface area contributed by atoms with Gasteiger partial charge in [-0.1, -0.05) is 10.8 Å². The van der Waals surface area contributed by atoms with Crippen molar-refractivity contribution in [3.05, 3.63) is 29.0 Å². The van der Waals surface area contributed by atoms with Gasteiger partial charge in [-0.05, 0) is 35.3 Å². The topological polar surface area (TPSA) is 12.4 Å². The van der Waals surface area contributed by atoms with Crippen molar-refractivity contribution < 1.29 is 0 Å². The van der Waals surface area contributed by atoms with Crippen molar-refractivity contribution in [1.82, 2.24) is 0 Å². The van der Waals surface area contributed by atoms with Crippen molar-refractivity contribution in [2.24, 2.45) is 4.99 Å². The van der Waals surface area contributed by atoms with Crippen LogP contribution in [0.3, 0.4) is 0 Å². The third kappa shape index (κ3) is 2.48. The van der Waals surface area contributed by atoms with Gasteiger partial charge in [-0.25, -0.2) is 4.99 Å². The molecule has 52 valence electrons. The summed E-state index contributed by atoms with van der Waals surface area (Å²) in [7, 11) is 3.34. The Labute approximate surface area is 68.4 Å². The third-order valence-electron chi connectivity index (χ3n) is 0.863. The first-order chi connectivity index (χ1) is 4.93. The minimum Gasteiger partial charge on any atom is -0.248 e. The molecule has 0 aromatic carbocycles. The average molecular weight is 169 g/mol. The standard InChI is InChI=1S/C7H7NS2/c1-9-10-7-5-3-2-4-6-8-7/h3-6H,1H3. The molecular weight excluding hydrogens is 162 g/mol. The highest BCUT2D eigenvalue weighted by atomic mass is 33.1. The molecule has 0 bridgehead atoms. The van der Waals surface area contributed by atoms with Crippen LogP contribution in [-0.4, -0.2) is 12.5 Å². The minimum atomic E-state index is 1.02. The highest BCUT2D eigenvalue weighted by Gasteiger charge is 1.90. The number of hydrogen-bond donors (Lipinski definition) is 0. The summed E-state index contributed by atoms with van der Waals surface area (Å²) >= 11 is 0. The third-order valence-corrected chi connectivity index (χ3v) is 2.45. The van der Waals surface area contributed by atoms with Crippen LogP contribution in [0.1, 0.15) is 0 Å². The second-order valence-corrected chi connectivity index (χ2v) is 3.95. The summed E-state index contributed by atoms with van der Waals surface area (Å²) in [5.41, 5.74) is 2.94. The summed E-state index contributed by atoms with van der Waals surface area (Å²) in [6.07, 6.45) is 9.39. The van der Waals surface area contributed by atoms with E-state index >= 15 is 0 Å². The predicted molar refractivity (Wildman–Crippen MR) is 50.3 cm³/mol. The van der Waals surface area contributed by atoms with Crippen molar-refractivity contribution in [2.45, 2.75) is 0 Å². The molecule has 1 rings (SSSR count). The van der Waals surface area contributed by atoms with E-state index < -0.39 is 0 Å². The molecule has 0 atom stereocenters. The molecular formula is C7H7NS2. The fourth-order valence-electron chi connectivity index (χ4n) is 0.506. The lowest BCUT2D eigenvalue weighted by Crippen LogP contribution is -1.65. The van der Waals surface area contributed by atoms with E-state index in [0.717, 1.165) is 5.03 Å². The van der Waals surface area contributed by atoms with E-state index in [1.807, 2.05) is 18.4 Å². The Kier molecular flexibility index (Phi) is 3.44. The van der Waals surface area contributed by atoms with Crippen LogP contribution in [-0.2, 0) is 0 Å². The van der Waals surface area contributed by atoms with Crippen LogP contribution in [0.2, 0.25) is 0 Å². The molecule has 0 unspecified atom stereocenters. The Morgan fingerprint density at radius 3 is 3.20 bits per heavy atom. The van der Waals surface area contributed by atoms with Crippen LogP contribution < -0.4 is 0 Å². The number of hydrogen-bond acceptors (Lipinski definition) is 3. The first kappa shape index (κ1) is 7.73. The summed E-state index contributed by atoms with van der Waals surface area (Å²) in [4.78, 5) is 4.14. The molecule has 0 saturated carbocycles. The maximum absolute atomic E-state index is 4.14. The molecule has 0 aromatic heterocycles. The van der Waals surface area contributed by atoms with Gasteiger partial charge in [-0.2, -0.15) is 0 Å². The first-order valence-corrected chi connectivity index (χ1v) is 5.35. The van der Waals surface area contributed by atoms with Gasteiger partial charge < -0.3 is 0 Å². The zero-order valence-corrected chi connectivity index (χ0v) is 7.21. The summed E-state index contributed by atoms with van der Waals surface area (Å²) in [5.74, 6) is 0. The van der Waals surface area contributed by atoms with Crippen LogP contribution in [0.4, 0.5) is 0 Å². The maximum atomic E-state index is 4.14. The molecule has 0 fully saturated rings. The van der Waals surface area contributed by atoms with E-state index in [1.54, 1.807) is 33.9 Å². The van der Waals surface area contributed by atoms with Crippen LogP contribution in [0.15, 0.2) is 34.0 Å². The lowest BCUT2D eigenvalue weighted by Gasteiger charge is -1.92. The quantitative estimate of drug-likeness (QED) is 0.465. The number of rotatable bonds is 2. The molecule has 10 heavy (non-hydrogen) atoms. The highest BCUT2D eigenvalue weighted by molar-refractivity contribution is 8.77. The van der Waals surface area contributed by atoms with Crippen LogP contribution in [0.5, 0.6) is 0 Å². The maximum Gasteiger partial charge on any atom is 0.107 e. The van der Waals surface area contributed by atoms with Gasteiger partial charge in [0.25, 0.3) is 0 Å². The molecule has 1 heterocycles. The Morgan fingerprint density at radius 1 is 1.50 bits per heavy atom. The summed E-state index contributed by atoms with van der Waals surface area (Å²) in [5, 5.41) is 1.02. The zero-order valence-electron chi connectivity index (χ0n) is 5.57. The van der Waals surface area contributed by atoms with E-state index in [1.165, 1.54) is 0 Å². The van der Waals surface area contributed by atoms with E-state index in [-0.39, 0.29) is 0 Å². The fraction of sp³-hybridized carbons (Fsp3) is 0.143. The van der Waals surface area contributed by atoms with Gasteiger partial charge in [0.15, 0.2) is 0 Å². The molecule has 0 N–H and O–H groups in total. The number of aliphatic imine (C=N–C) groups is 1. The molecule has 0 aliphatic carbocycles. The zero-order chi connectivity index (χ0) is 7.23. The molecule has 1 aliphatic rings. The normalized spacial score (nSPS) is 15.1. The van der Waals surface area contributed by atoms with E-state index in [9.17, 15) is 0 Å². The van der Waals surface area contributed by atoms with Crippen molar-refractivity contribution in [1.29, 1.82) is 0 Å². The molecule has 1 nitrogen and oxygen atoms in total. The van der Waals surface area contributed by atoms with E-state index in [0.29, 0.717) is 0 Å². The first-order valence-electron chi connectivity index (χ1n) is 2.79. The van der Waals surface area contributed by atoms with Crippen molar-refractivity contribution in [3.8, 4) is 0 Å². The summed E-state index contributed by atoms with van der Waals surface area (Å²) in [6, 6.07) is 0. The Bertz CT molecular complexity index is 222. The fourth-order valence-corrected chi connectivity index (χ4v) is 1.71. The number of allylic oxidation sites excluding steroid dienone is 2. The predicted octanol–water partition coefficient (Wildman–Crippen LogP) is 2.63. The second-order valence-electron chi connectivity index (χ2n) is 1.53. The Balaban J connectivity index is 2.62. The van der Waals surface area contributed by atoms with Gasteiger partial charge in [0, 0.05) is 6.21 Å². The van der Waals surface area contributed by atoms with Gasteiger partial charge in [-0.3, -0.25) is 0 Å². The smallest absolute Gasteiger partial charge is 0.107 e. The summed E-state index contributed by atoms with van der Waals surface area (Å²) in [6.45, 7) is 0. The van der Waals surface area contributed by atoms with Gasteiger partial charge in [0.1, 0.15) is 5.03 Å². The van der Waals surface area contributed by atoms with Gasteiger partial charge >= 0.3 is 0 Å². The molecule has 0 amide bonds. The molecule has 0 aromatic rings. The summed E-state index contributed by atoms with van der Waals surface area (Å²) < 4.78 is 0. The molecule has 0 saturated heterocycles. The largest absolute Gasteiger partial charge is 0.248 e. The highest BCUT2D eigenvalue weighted by Crippen LogP contribution is 2.28. The van der Waals surface area contributed by atoms with Crippen LogP contribution >= 0.6 is 21.6 Å². The number of nitrogens with zero attached hydrogens (tertiary/aromatic N) is 1. The van der Waals surface area contributed by atoms with Gasteiger partial charge in [0.2, 0.25) is 0 Å². The second kappa shape index (κ2) is 4.45. The van der Waals surface area contributed by atoms with Crippen LogP contribution in [0.25, 0.3) is 0 Å². The molecule has 0 radical (unpaired) electrons. The van der Waals surface area contributed by atoms with Gasteiger partial charge in [0.05, 0.1) is 0 Å². The van der Waals surface area contributed by atoms with Crippen molar-refractivity contribution in [3.63, 3.8) is 0 Å². The lowest BCUT2D eigenvalue weighted by molar-refractivity contribution is 1.56. The molecule has 0 spiro atoms. The SMILES string of the molecule is CSSC1=CC=C=CC=N1. The Hall–Kier alpha value is -0.370. The van der Waals surface area contributed by atoms with Gasteiger partial charge in [-0.15, -0.1) is 5.73 Å². The van der Waals surface area contributed by atoms with E-state index in [2.05, 4.69) is 10.7 Å². The molecule has 1 aliphatic heterocycles. The van der Waals surface area contributed by atoms with Crippen molar-refractivity contribution in [2.75, 3.05) is 6.26 Å². The van der Waals surface area contributed by atoms with Crippen LogP contribution in [0, 0.1) is 0 Å². The average Bonchev–Trinajstić information content (AvgIpc) is 2.17.